The van der Waals surface area contributed by atoms with E-state index in [4.69, 9.17) is 5.73 Å². The van der Waals surface area contributed by atoms with Crippen LogP contribution in [0.5, 0.6) is 5.75 Å². The molecule has 3 N–H and O–H groups in total. The van der Waals surface area contributed by atoms with E-state index in [2.05, 4.69) is 22.6 Å². The van der Waals surface area contributed by atoms with Crippen LogP contribution in [0.4, 0.5) is 0 Å². The van der Waals surface area contributed by atoms with Crippen LogP contribution in [0.3, 0.4) is 0 Å². The number of phenols is 1. The number of halogens is 1. The average Bonchev–Trinajstić information content (AvgIpc) is 2.62. The fraction of sp³-hybridized carbons (Fsp3) is 0.417. The molecule has 2 unspecified atom stereocenters. The highest BCUT2D eigenvalue weighted by molar-refractivity contribution is 14.1. The second-order valence-corrected chi connectivity index (χ2v) is 5.76. The van der Waals surface area contributed by atoms with E-state index in [1.807, 2.05) is 6.92 Å². The van der Waals surface area contributed by atoms with Gasteiger partial charge in [0.1, 0.15) is 5.75 Å². The standard InChI is InChI=1S/C12H15IN2O2/c1-7-5-15(6-10(7)14)12(17)9-4-8(13)2-3-11(9)16/h2-4,7,10,16H,5-6,14H2,1H3. The van der Waals surface area contributed by atoms with E-state index in [9.17, 15) is 9.90 Å². The number of amides is 1. The molecule has 1 amide bonds. The lowest BCUT2D eigenvalue weighted by Gasteiger charge is -2.16. The second kappa shape index (κ2) is 4.81. The first-order valence-electron chi connectivity index (χ1n) is 5.52. The van der Waals surface area contributed by atoms with E-state index in [1.165, 1.54) is 0 Å². The van der Waals surface area contributed by atoms with E-state index in [0.29, 0.717) is 24.6 Å². The van der Waals surface area contributed by atoms with Gasteiger partial charge in [0.05, 0.1) is 5.56 Å². The van der Waals surface area contributed by atoms with Gasteiger partial charge in [-0.05, 0) is 46.7 Å². The summed E-state index contributed by atoms with van der Waals surface area (Å²) in [4.78, 5) is 13.9. The Morgan fingerprint density at radius 3 is 2.82 bits per heavy atom. The molecule has 0 radical (unpaired) electrons. The van der Waals surface area contributed by atoms with Crippen LogP contribution in [0, 0.1) is 9.49 Å². The number of nitrogens with two attached hydrogens (primary N) is 1. The largest absolute Gasteiger partial charge is 0.507 e. The molecule has 1 fully saturated rings. The van der Waals surface area contributed by atoms with Crippen LogP contribution in [0.25, 0.3) is 0 Å². The summed E-state index contributed by atoms with van der Waals surface area (Å²) in [6, 6.07) is 5.05. The third-order valence-electron chi connectivity index (χ3n) is 3.15. The number of aromatic hydroxyl groups is 1. The number of likely N-dealkylation sites (tertiary alicyclic amines) is 1. The maximum absolute atomic E-state index is 12.2. The molecule has 1 heterocycles. The Morgan fingerprint density at radius 2 is 2.24 bits per heavy atom. The summed E-state index contributed by atoms with van der Waals surface area (Å²) >= 11 is 2.12. The number of phenolic OH excluding ortho intramolecular Hbond substituents is 1. The molecule has 2 rings (SSSR count). The van der Waals surface area contributed by atoms with E-state index in [-0.39, 0.29) is 17.7 Å². The molecule has 5 heteroatoms. The molecule has 0 aliphatic carbocycles. The summed E-state index contributed by atoms with van der Waals surface area (Å²) in [7, 11) is 0. The molecule has 4 nitrogen and oxygen atoms in total. The highest BCUT2D eigenvalue weighted by Gasteiger charge is 2.31. The van der Waals surface area contributed by atoms with Gasteiger partial charge in [0, 0.05) is 22.7 Å². The summed E-state index contributed by atoms with van der Waals surface area (Å²) in [5, 5.41) is 9.72. The summed E-state index contributed by atoms with van der Waals surface area (Å²) in [6.45, 7) is 3.25. The third kappa shape index (κ3) is 2.55. The van der Waals surface area contributed by atoms with Crippen molar-refractivity contribution in [2.75, 3.05) is 13.1 Å². The van der Waals surface area contributed by atoms with E-state index in [0.717, 1.165) is 3.57 Å². The Balaban J connectivity index is 2.23. The fourth-order valence-corrected chi connectivity index (χ4v) is 2.50. The van der Waals surface area contributed by atoms with Crippen LogP contribution in [0.15, 0.2) is 18.2 Å². The predicted octanol–water partition coefficient (Wildman–Crippen LogP) is 1.42. The topological polar surface area (TPSA) is 66.6 Å². The molecule has 0 bridgehead atoms. The molecule has 1 aromatic rings. The van der Waals surface area contributed by atoms with Gasteiger partial charge in [-0.1, -0.05) is 6.92 Å². The number of hydrogen-bond donors (Lipinski definition) is 2. The molecule has 1 aliphatic rings. The Labute approximate surface area is 114 Å². The summed E-state index contributed by atoms with van der Waals surface area (Å²) in [5.41, 5.74) is 6.25. The molecule has 92 valence electrons. The zero-order valence-corrected chi connectivity index (χ0v) is 11.7. The number of benzene rings is 1. The first kappa shape index (κ1) is 12.6. The lowest BCUT2D eigenvalue weighted by molar-refractivity contribution is 0.0783. The summed E-state index contributed by atoms with van der Waals surface area (Å²) in [5.74, 6) is 0.202. The molecule has 0 aromatic heterocycles. The summed E-state index contributed by atoms with van der Waals surface area (Å²) < 4.78 is 0.931. The van der Waals surface area contributed by atoms with E-state index in [1.54, 1.807) is 23.1 Å². The average molecular weight is 346 g/mol. The number of carbonyl (C=O) groups excluding carboxylic acids is 1. The molecular weight excluding hydrogens is 331 g/mol. The Kier molecular flexibility index (Phi) is 3.58. The highest BCUT2D eigenvalue weighted by Crippen LogP contribution is 2.24. The molecule has 0 saturated carbocycles. The minimum Gasteiger partial charge on any atom is -0.507 e. The van der Waals surface area contributed by atoms with Crippen LogP contribution < -0.4 is 5.73 Å². The molecule has 1 aliphatic heterocycles. The molecule has 0 spiro atoms. The minimum atomic E-state index is -0.138. The van der Waals surface area contributed by atoms with Gasteiger partial charge in [-0.3, -0.25) is 4.79 Å². The van der Waals surface area contributed by atoms with Crippen molar-refractivity contribution >= 4 is 28.5 Å². The normalized spacial score (nSPS) is 24.1. The van der Waals surface area contributed by atoms with E-state index >= 15 is 0 Å². The highest BCUT2D eigenvalue weighted by atomic mass is 127. The monoisotopic (exact) mass is 346 g/mol. The van der Waals surface area contributed by atoms with Crippen LogP contribution in [-0.4, -0.2) is 35.0 Å². The van der Waals surface area contributed by atoms with Gasteiger partial charge in [0.25, 0.3) is 5.91 Å². The first-order chi connectivity index (χ1) is 7.99. The second-order valence-electron chi connectivity index (χ2n) is 4.51. The lowest BCUT2D eigenvalue weighted by atomic mass is 10.1. The first-order valence-corrected chi connectivity index (χ1v) is 6.60. The van der Waals surface area contributed by atoms with Crippen molar-refractivity contribution in [1.29, 1.82) is 0 Å². The van der Waals surface area contributed by atoms with Crippen molar-refractivity contribution in [3.8, 4) is 5.75 Å². The minimum absolute atomic E-state index is 0.0311. The number of hydrogen-bond acceptors (Lipinski definition) is 3. The zero-order valence-electron chi connectivity index (χ0n) is 9.56. The molecule has 2 atom stereocenters. The van der Waals surface area contributed by atoms with Crippen molar-refractivity contribution in [1.82, 2.24) is 4.90 Å². The molecular formula is C12H15IN2O2. The van der Waals surface area contributed by atoms with Gasteiger partial charge in [-0.15, -0.1) is 0 Å². The van der Waals surface area contributed by atoms with Crippen LogP contribution in [0.2, 0.25) is 0 Å². The molecule has 17 heavy (non-hydrogen) atoms. The molecule has 1 saturated heterocycles. The van der Waals surface area contributed by atoms with Crippen LogP contribution in [0.1, 0.15) is 17.3 Å². The van der Waals surface area contributed by atoms with Crippen molar-refractivity contribution in [2.45, 2.75) is 13.0 Å². The number of carbonyl (C=O) groups is 1. The maximum atomic E-state index is 12.2. The van der Waals surface area contributed by atoms with Crippen molar-refractivity contribution in [3.63, 3.8) is 0 Å². The van der Waals surface area contributed by atoms with Gasteiger partial charge in [-0.2, -0.15) is 0 Å². The quantitative estimate of drug-likeness (QED) is 0.756. The van der Waals surface area contributed by atoms with Gasteiger partial charge < -0.3 is 15.7 Å². The smallest absolute Gasteiger partial charge is 0.257 e. The lowest BCUT2D eigenvalue weighted by Crippen LogP contribution is -2.32. The number of rotatable bonds is 1. The van der Waals surface area contributed by atoms with E-state index < -0.39 is 0 Å². The van der Waals surface area contributed by atoms with Gasteiger partial charge in [0.15, 0.2) is 0 Å². The van der Waals surface area contributed by atoms with Crippen LogP contribution >= 0.6 is 22.6 Å². The Morgan fingerprint density at radius 1 is 1.53 bits per heavy atom. The van der Waals surface area contributed by atoms with Crippen molar-refractivity contribution < 1.29 is 9.90 Å². The van der Waals surface area contributed by atoms with Gasteiger partial charge >= 0.3 is 0 Å². The Bertz CT molecular complexity index is 440. The third-order valence-corrected chi connectivity index (χ3v) is 3.82. The van der Waals surface area contributed by atoms with Crippen molar-refractivity contribution in [2.24, 2.45) is 11.7 Å². The van der Waals surface area contributed by atoms with Gasteiger partial charge in [0.2, 0.25) is 0 Å². The maximum Gasteiger partial charge on any atom is 0.257 e. The zero-order chi connectivity index (χ0) is 12.6. The van der Waals surface area contributed by atoms with Crippen LogP contribution in [-0.2, 0) is 0 Å². The fourth-order valence-electron chi connectivity index (χ4n) is 2.01. The molecule has 1 aromatic carbocycles. The number of nitrogens with zero attached hydrogens (tertiary/aromatic N) is 1. The van der Waals surface area contributed by atoms with Gasteiger partial charge in [-0.25, -0.2) is 0 Å². The summed E-state index contributed by atoms with van der Waals surface area (Å²) in [6.07, 6.45) is 0. The Hall–Kier alpha value is -0.820. The SMILES string of the molecule is CC1CN(C(=O)c2cc(I)ccc2O)CC1N. The predicted molar refractivity (Wildman–Crippen MR) is 73.9 cm³/mol. The van der Waals surface area contributed by atoms with Crippen molar-refractivity contribution in [3.05, 3.63) is 27.3 Å².